The minimum absolute atomic E-state index is 0.0389. The van der Waals surface area contributed by atoms with Crippen molar-refractivity contribution >= 4 is 11.8 Å². The zero-order chi connectivity index (χ0) is 16.8. The SMILES string of the molecule is CCO[C@H]1C[C@@H](N(C)C(=O)[C@H]2C[C@H](O)CN2C(C)=O)C12CCC2. The summed E-state index contributed by atoms with van der Waals surface area (Å²) in [4.78, 5) is 28.0. The minimum atomic E-state index is -0.600. The van der Waals surface area contributed by atoms with Gasteiger partial charge in [-0.05, 0) is 26.2 Å². The van der Waals surface area contributed by atoms with Crippen molar-refractivity contribution in [2.45, 2.75) is 70.2 Å². The van der Waals surface area contributed by atoms with Crippen molar-refractivity contribution < 1.29 is 19.4 Å². The largest absolute Gasteiger partial charge is 0.391 e. The number of hydrogen-bond acceptors (Lipinski definition) is 4. The van der Waals surface area contributed by atoms with Crippen molar-refractivity contribution in [1.82, 2.24) is 9.80 Å². The van der Waals surface area contributed by atoms with Gasteiger partial charge in [0.1, 0.15) is 6.04 Å². The van der Waals surface area contributed by atoms with Gasteiger partial charge in [-0.2, -0.15) is 0 Å². The van der Waals surface area contributed by atoms with E-state index in [2.05, 4.69) is 0 Å². The third-order valence-corrected chi connectivity index (χ3v) is 6.18. The molecule has 2 saturated carbocycles. The van der Waals surface area contributed by atoms with Gasteiger partial charge >= 0.3 is 0 Å². The predicted octanol–water partition coefficient (Wildman–Crippen LogP) is 0.774. The standard InChI is InChI=1S/C17H28N2O4/c1-4-23-15-9-14(17(15)6-5-7-17)18(3)16(22)13-8-12(21)10-19(13)11(2)20/h12-15,21H,4-10H2,1-3H3/t12-,13+,14+,15-/m0/s1. The first-order valence-corrected chi connectivity index (χ1v) is 8.74. The number of carbonyl (C=O) groups is 2. The number of likely N-dealkylation sites (tertiary alicyclic amines) is 1. The molecular weight excluding hydrogens is 296 g/mol. The van der Waals surface area contributed by atoms with E-state index in [-0.39, 0.29) is 35.9 Å². The molecule has 1 heterocycles. The van der Waals surface area contributed by atoms with Crippen molar-refractivity contribution in [2.75, 3.05) is 20.2 Å². The van der Waals surface area contributed by atoms with Gasteiger partial charge in [0.15, 0.2) is 0 Å². The number of hydrogen-bond donors (Lipinski definition) is 1. The Hall–Kier alpha value is -1.14. The zero-order valence-electron chi connectivity index (χ0n) is 14.3. The molecule has 0 bridgehead atoms. The summed E-state index contributed by atoms with van der Waals surface area (Å²) in [6.45, 7) is 4.44. The fourth-order valence-corrected chi connectivity index (χ4v) is 4.73. The second-order valence-corrected chi connectivity index (χ2v) is 7.31. The molecule has 6 nitrogen and oxygen atoms in total. The molecule has 1 aliphatic heterocycles. The highest BCUT2D eigenvalue weighted by Crippen LogP contribution is 2.59. The highest BCUT2D eigenvalue weighted by molar-refractivity contribution is 5.88. The van der Waals surface area contributed by atoms with Crippen LogP contribution >= 0.6 is 0 Å². The van der Waals surface area contributed by atoms with Crippen LogP contribution in [0.3, 0.4) is 0 Å². The average Bonchev–Trinajstić information content (AvgIpc) is 2.82. The van der Waals surface area contributed by atoms with Crippen molar-refractivity contribution in [2.24, 2.45) is 5.41 Å². The first-order valence-electron chi connectivity index (χ1n) is 8.74. The molecule has 0 radical (unpaired) electrons. The van der Waals surface area contributed by atoms with Gasteiger partial charge in [-0.25, -0.2) is 0 Å². The maximum Gasteiger partial charge on any atom is 0.245 e. The normalized spacial score (nSPS) is 34.9. The number of aliphatic hydroxyl groups excluding tert-OH is 1. The van der Waals surface area contributed by atoms with Gasteiger partial charge < -0.3 is 19.6 Å². The van der Waals surface area contributed by atoms with Crippen molar-refractivity contribution in [3.8, 4) is 0 Å². The number of amides is 2. The summed E-state index contributed by atoms with van der Waals surface area (Å²) >= 11 is 0. The van der Waals surface area contributed by atoms with Gasteiger partial charge in [0, 0.05) is 45.0 Å². The molecule has 0 aromatic carbocycles. The van der Waals surface area contributed by atoms with Crippen LogP contribution in [0.15, 0.2) is 0 Å². The van der Waals surface area contributed by atoms with Gasteiger partial charge in [-0.1, -0.05) is 6.42 Å². The van der Waals surface area contributed by atoms with Crippen LogP contribution in [0.2, 0.25) is 0 Å². The van der Waals surface area contributed by atoms with E-state index in [4.69, 9.17) is 4.74 Å². The third-order valence-electron chi connectivity index (χ3n) is 6.18. The molecule has 1 spiro atoms. The van der Waals surface area contributed by atoms with Crippen molar-refractivity contribution in [3.05, 3.63) is 0 Å². The summed E-state index contributed by atoms with van der Waals surface area (Å²) in [6, 6.07) is -0.317. The number of carbonyl (C=O) groups excluding carboxylic acids is 2. The second-order valence-electron chi connectivity index (χ2n) is 7.31. The van der Waals surface area contributed by atoms with Gasteiger partial charge in [0.05, 0.1) is 12.2 Å². The van der Waals surface area contributed by atoms with Crippen LogP contribution in [0.1, 0.15) is 46.0 Å². The fourth-order valence-electron chi connectivity index (χ4n) is 4.73. The Morgan fingerprint density at radius 2 is 2.04 bits per heavy atom. The summed E-state index contributed by atoms with van der Waals surface area (Å²) in [6.07, 6.45) is 4.32. The van der Waals surface area contributed by atoms with Crippen LogP contribution in [0.25, 0.3) is 0 Å². The van der Waals surface area contributed by atoms with E-state index < -0.39 is 12.1 Å². The molecule has 0 aromatic heterocycles. The smallest absolute Gasteiger partial charge is 0.245 e. The lowest BCUT2D eigenvalue weighted by molar-refractivity contribution is -0.204. The summed E-state index contributed by atoms with van der Waals surface area (Å²) in [5, 5.41) is 9.85. The number of β-amino-alcohol motifs (C(OH)–C–C–N with tert-alkyl or cyclic N) is 1. The van der Waals surface area contributed by atoms with E-state index in [1.807, 2.05) is 18.9 Å². The number of nitrogens with zero attached hydrogens (tertiary/aromatic N) is 2. The summed E-state index contributed by atoms with van der Waals surface area (Å²) in [5.41, 5.74) is 0.124. The van der Waals surface area contributed by atoms with Crippen LogP contribution in [0, 0.1) is 5.41 Å². The predicted molar refractivity (Wildman–Crippen MR) is 84.7 cm³/mol. The Bertz CT molecular complexity index is 491. The first kappa shape index (κ1) is 16.7. The molecule has 0 unspecified atom stereocenters. The Balaban J connectivity index is 1.69. The molecule has 4 atom stereocenters. The molecule has 2 aliphatic carbocycles. The molecule has 1 N–H and O–H groups in total. The Morgan fingerprint density at radius 3 is 2.57 bits per heavy atom. The first-order chi connectivity index (χ1) is 10.9. The van der Waals surface area contributed by atoms with Gasteiger partial charge in [0.2, 0.25) is 11.8 Å². The molecule has 0 aromatic rings. The second kappa shape index (κ2) is 6.06. The molecular formula is C17H28N2O4. The molecule has 3 aliphatic rings. The molecule has 130 valence electrons. The summed E-state index contributed by atoms with van der Waals surface area (Å²) < 4.78 is 5.86. The molecule has 2 amide bonds. The van der Waals surface area contributed by atoms with Gasteiger partial charge in [-0.15, -0.1) is 0 Å². The molecule has 3 rings (SSSR count). The number of rotatable bonds is 4. The van der Waals surface area contributed by atoms with E-state index in [9.17, 15) is 14.7 Å². The summed E-state index contributed by atoms with van der Waals surface area (Å²) in [5.74, 6) is -0.185. The summed E-state index contributed by atoms with van der Waals surface area (Å²) in [7, 11) is 1.85. The maximum atomic E-state index is 12.9. The Labute approximate surface area is 137 Å². The lowest BCUT2D eigenvalue weighted by atomic mass is 9.50. The molecule has 6 heteroatoms. The van der Waals surface area contributed by atoms with Crippen LogP contribution < -0.4 is 0 Å². The monoisotopic (exact) mass is 324 g/mol. The van der Waals surface area contributed by atoms with Gasteiger partial charge in [-0.3, -0.25) is 9.59 Å². The number of likely N-dealkylation sites (N-methyl/N-ethyl adjacent to an activating group) is 1. The van der Waals surface area contributed by atoms with Crippen molar-refractivity contribution in [3.63, 3.8) is 0 Å². The third kappa shape index (κ3) is 2.56. The van der Waals surface area contributed by atoms with E-state index in [1.54, 1.807) is 0 Å². The highest BCUT2D eigenvalue weighted by Gasteiger charge is 2.61. The quantitative estimate of drug-likeness (QED) is 0.829. The van der Waals surface area contributed by atoms with E-state index >= 15 is 0 Å². The Kier molecular flexibility index (Phi) is 4.40. The molecule has 23 heavy (non-hydrogen) atoms. The maximum absolute atomic E-state index is 12.9. The van der Waals surface area contributed by atoms with Gasteiger partial charge in [0.25, 0.3) is 0 Å². The van der Waals surface area contributed by atoms with Crippen LogP contribution in [0.5, 0.6) is 0 Å². The van der Waals surface area contributed by atoms with E-state index in [1.165, 1.54) is 18.2 Å². The van der Waals surface area contributed by atoms with E-state index in [0.29, 0.717) is 13.0 Å². The Morgan fingerprint density at radius 1 is 1.35 bits per heavy atom. The number of aliphatic hydroxyl groups is 1. The fraction of sp³-hybridized carbons (Fsp3) is 0.882. The lowest BCUT2D eigenvalue weighted by Crippen LogP contribution is -2.69. The van der Waals surface area contributed by atoms with Crippen LogP contribution in [0.4, 0.5) is 0 Å². The lowest BCUT2D eigenvalue weighted by Gasteiger charge is -2.63. The topological polar surface area (TPSA) is 70.1 Å². The highest BCUT2D eigenvalue weighted by atomic mass is 16.5. The molecule has 1 saturated heterocycles. The van der Waals surface area contributed by atoms with Crippen LogP contribution in [-0.4, -0.2) is 71.2 Å². The minimum Gasteiger partial charge on any atom is -0.391 e. The van der Waals surface area contributed by atoms with Crippen LogP contribution in [-0.2, 0) is 14.3 Å². The van der Waals surface area contributed by atoms with E-state index in [0.717, 1.165) is 19.3 Å². The number of ether oxygens (including phenoxy) is 1. The zero-order valence-corrected chi connectivity index (χ0v) is 14.3. The average molecular weight is 324 g/mol. The molecule has 3 fully saturated rings. The van der Waals surface area contributed by atoms with Crippen molar-refractivity contribution in [1.29, 1.82) is 0 Å².